The normalized spacial score (nSPS) is 10.3. The van der Waals surface area contributed by atoms with Gasteiger partial charge in [0.25, 0.3) is 0 Å². The van der Waals surface area contributed by atoms with Gasteiger partial charge in [-0.3, -0.25) is 9.69 Å². The van der Waals surface area contributed by atoms with E-state index in [9.17, 15) is 4.79 Å². The molecule has 0 N–H and O–H groups in total. The first-order valence-electron chi connectivity index (χ1n) is 6.24. The Labute approximate surface area is 119 Å². The molecule has 0 aliphatic carbocycles. The molecule has 0 unspecified atom stereocenters. The molecule has 0 saturated carbocycles. The SMILES string of the molecule is C=CCc1ccc(Cl)c(CC)c1N(COC)C(C)=O. The van der Waals surface area contributed by atoms with E-state index in [4.69, 9.17) is 16.3 Å². The molecule has 1 aromatic carbocycles. The van der Waals surface area contributed by atoms with Gasteiger partial charge in [0.15, 0.2) is 0 Å². The van der Waals surface area contributed by atoms with Gasteiger partial charge in [0.2, 0.25) is 5.91 Å². The van der Waals surface area contributed by atoms with Crippen LogP contribution in [0.3, 0.4) is 0 Å². The molecule has 104 valence electrons. The number of benzene rings is 1. The number of carbonyl (C=O) groups is 1. The molecule has 0 atom stereocenters. The summed E-state index contributed by atoms with van der Waals surface area (Å²) in [6.07, 6.45) is 3.26. The van der Waals surface area contributed by atoms with Gasteiger partial charge in [0.1, 0.15) is 6.73 Å². The second-order valence-corrected chi connectivity index (χ2v) is 4.65. The van der Waals surface area contributed by atoms with Crippen molar-refractivity contribution in [3.63, 3.8) is 0 Å². The standard InChI is InChI=1S/C15H20ClNO2/c1-5-7-12-8-9-14(16)13(6-2)15(12)17(10-19-4)11(3)18/h5,8-9H,1,6-7,10H2,2-4H3. The van der Waals surface area contributed by atoms with E-state index in [2.05, 4.69) is 6.58 Å². The largest absolute Gasteiger partial charge is 0.364 e. The highest BCUT2D eigenvalue weighted by atomic mass is 35.5. The second-order valence-electron chi connectivity index (χ2n) is 4.24. The van der Waals surface area contributed by atoms with E-state index >= 15 is 0 Å². The minimum atomic E-state index is -0.0656. The molecule has 19 heavy (non-hydrogen) atoms. The first-order chi connectivity index (χ1) is 9.06. The Hall–Kier alpha value is -1.32. The summed E-state index contributed by atoms with van der Waals surface area (Å²) in [7, 11) is 1.57. The Bertz CT molecular complexity index is 471. The van der Waals surface area contributed by atoms with Crippen LogP contribution in [0.2, 0.25) is 5.02 Å². The van der Waals surface area contributed by atoms with Crippen LogP contribution < -0.4 is 4.90 Å². The minimum Gasteiger partial charge on any atom is -0.364 e. The molecule has 0 heterocycles. The van der Waals surface area contributed by atoms with Crippen molar-refractivity contribution in [3.05, 3.63) is 40.9 Å². The first-order valence-corrected chi connectivity index (χ1v) is 6.62. The van der Waals surface area contributed by atoms with Gasteiger partial charge in [-0.1, -0.05) is 30.7 Å². The van der Waals surface area contributed by atoms with Crippen LogP contribution in [0, 0.1) is 0 Å². The van der Waals surface area contributed by atoms with Gasteiger partial charge >= 0.3 is 0 Å². The summed E-state index contributed by atoms with van der Waals surface area (Å²) in [5, 5.41) is 0.674. The van der Waals surface area contributed by atoms with Crippen LogP contribution in [-0.4, -0.2) is 19.7 Å². The Morgan fingerprint density at radius 3 is 2.68 bits per heavy atom. The summed E-state index contributed by atoms with van der Waals surface area (Å²) < 4.78 is 5.13. The Kier molecular flexibility index (Phi) is 6.06. The van der Waals surface area contributed by atoms with Crippen molar-refractivity contribution in [1.29, 1.82) is 0 Å². The van der Waals surface area contributed by atoms with Crippen LogP contribution in [0.25, 0.3) is 0 Å². The topological polar surface area (TPSA) is 29.5 Å². The molecular formula is C15H20ClNO2. The van der Waals surface area contributed by atoms with E-state index < -0.39 is 0 Å². The minimum absolute atomic E-state index is 0.0656. The monoisotopic (exact) mass is 281 g/mol. The molecule has 1 amide bonds. The lowest BCUT2D eigenvalue weighted by Gasteiger charge is -2.26. The zero-order valence-electron chi connectivity index (χ0n) is 11.7. The zero-order valence-corrected chi connectivity index (χ0v) is 12.5. The predicted octanol–water partition coefficient (Wildman–Crippen LogP) is 3.59. The lowest BCUT2D eigenvalue weighted by molar-refractivity contribution is -0.117. The number of hydrogen-bond acceptors (Lipinski definition) is 2. The maximum atomic E-state index is 11.8. The molecule has 1 aromatic rings. The molecule has 0 aromatic heterocycles. The highest BCUT2D eigenvalue weighted by Crippen LogP contribution is 2.32. The third kappa shape index (κ3) is 3.58. The van der Waals surface area contributed by atoms with Crippen molar-refractivity contribution in [2.24, 2.45) is 0 Å². The van der Waals surface area contributed by atoms with Gasteiger partial charge in [0.05, 0.1) is 5.69 Å². The number of carbonyl (C=O) groups excluding carboxylic acids is 1. The fraction of sp³-hybridized carbons (Fsp3) is 0.400. The van der Waals surface area contributed by atoms with Gasteiger partial charge < -0.3 is 4.74 Å². The quantitative estimate of drug-likeness (QED) is 0.589. The van der Waals surface area contributed by atoms with E-state index in [1.807, 2.05) is 25.1 Å². The molecule has 0 aliphatic heterocycles. The lowest BCUT2D eigenvalue weighted by atomic mass is 10.0. The maximum absolute atomic E-state index is 11.8. The molecule has 0 aliphatic rings. The summed E-state index contributed by atoms with van der Waals surface area (Å²) in [6, 6.07) is 3.80. The Morgan fingerprint density at radius 1 is 1.53 bits per heavy atom. The van der Waals surface area contributed by atoms with Crippen molar-refractivity contribution in [1.82, 2.24) is 0 Å². The number of rotatable bonds is 6. The lowest BCUT2D eigenvalue weighted by Crippen LogP contribution is -2.32. The smallest absolute Gasteiger partial charge is 0.225 e. The van der Waals surface area contributed by atoms with E-state index in [0.29, 0.717) is 11.4 Å². The van der Waals surface area contributed by atoms with Crippen LogP contribution in [-0.2, 0) is 22.4 Å². The highest BCUT2D eigenvalue weighted by molar-refractivity contribution is 6.32. The number of methoxy groups -OCH3 is 1. The van der Waals surface area contributed by atoms with Crippen molar-refractivity contribution in [2.45, 2.75) is 26.7 Å². The predicted molar refractivity (Wildman–Crippen MR) is 79.8 cm³/mol. The van der Waals surface area contributed by atoms with E-state index in [0.717, 1.165) is 23.2 Å². The summed E-state index contributed by atoms with van der Waals surface area (Å²) in [5.41, 5.74) is 2.85. The van der Waals surface area contributed by atoms with Crippen LogP contribution >= 0.6 is 11.6 Å². The van der Waals surface area contributed by atoms with Crippen molar-refractivity contribution >= 4 is 23.2 Å². The van der Waals surface area contributed by atoms with E-state index in [-0.39, 0.29) is 12.6 Å². The molecule has 0 bridgehead atoms. The summed E-state index contributed by atoms with van der Waals surface area (Å²) in [4.78, 5) is 13.5. The Balaban J connectivity index is 3.44. The fourth-order valence-electron chi connectivity index (χ4n) is 2.10. The van der Waals surface area contributed by atoms with Crippen LogP contribution in [0.15, 0.2) is 24.8 Å². The number of ether oxygens (including phenoxy) is 1. The van der Waals surface area contributed by atoms with Gasteiger partial charge in [-0.25, -0.2) is 0 Å². The van der Waals surface area contributed by atoms with Gasteiger partial charge in [-0.2, -0.15) is 0 Å². The third-order valence-electron chi connectivity index (χ3n) is 2.94. The molecule has 0 fully saturated rings. The molecule has 3 nitrogen and oxygen atoms in total. The molecule has 0 spiro atoms. The summed E-state index contributed by atoms with van der Waals surface area (Å²) in [5.74, 6) is -0.0656. The Morgan fingerprint density at radius 2 is 2.21 bits per heavy atom. The first kappa shape index (κ1) is 15.7. The average molecular weight is 282 g/mol. The number of halogens is 1. The van der Waals surface area contributed by atoms with Gasteiger partial charge in [-0.05, 0) is 30.0 Å². The molecule has 4 heteroatoms. The van der Waals surface area contributed by atoms with Gasteiger partial charge in [0, 0.05) is 19.1 Å². The van der Waals surface area contributed by atoms with E-state index in [1.165, 1.54) is 6.92 Å². The van der Waals surface area contributed by atoms with Crippen LogP contribution in [0.4, 0.5) is 5.69 Å². The summed E-state index contributed by atoms with van der Waals surface area (Å²) in [6.45, 7) is 7.52. The number of anilines is 1. The van der Waals surface area contributed by atoms with Crippen LogP contribution in [0.1, 0.15) is 25.0 Å². The van der Waals surface area contributed by atoms with Crippen molar-refractivity contribution in [2.75, 3.05) is 18.7 Å². The van der Waals surface area contributed by atoms with Crippen molar-refractivity contribution in [3.8, 4) is 0 Å². The fourth-order valence-corrected chi connectivity index (χ4v) is 2.38. The van der Waals surface area contributed by atoms with Gasteiger partial charge in [-0.15, -0.1) is 6.58 Å². The number of nitrogens with zero attached hydrogens (tertiary/aromatic N) is 1. The molecule has 0 saturated heterocycles. The second kappa shape index (κ2) is 7.31. The number of allylic oxidation sites excluding steroid dienone is 1. The maximum Gasteiger partial charge on any atom is 0.225 e. The highest BCUT2D eigenvalue weighted by Gasteiger charge is 2.20. The summed E-state index contributed by atoms with van der Waals surface area (Å²) >= 11 is 6.25. The number of hydrogen-bond donors (Lipinski definition) is 0. The van der Waals surface area contributed by atoms with E-state index in [1.54, 1.807) is 12.0 Å². The third-order valence-corrected chi connectivity index (χ3v) is 3.29. The molecule has 0 radical (unpaired) electrons. The molecular weight excluding hydrogens is 262 g/mol. The average Bonchev–Trinajstić information content (AvgIpc) is 2.38. The molecule has 1 rings (SSSR count). The zero-order chi connectivity index (χ0) is 14.4. The van der Waals surface area contributed by atoms with Crippen molar-refractivity contribution < 1.29 is 9.53 Å². The number of amides is 1. The van der Waals surface area contributed by atoms with Crippen LogP contribution in [0.5, 0.6) is 0 Å².